The van der Waals surface area contributed by atoms with E-state index in [4.69, 9.17) is 0 Å². The Labute approximate surface area is 140 Å². The number of non-ortho nitro benzene ring substituents is 1. The number of nitro benzene ring substituents is 1. The molecule has 0 radical (unpaired) electrons. The maximum Gasteiger partial charge on any atom is 0.271 e. The Balaban J connectivity index is 2.26. The molecule has 0 spiro atoms. The normalized spacial score (nSPS) is 12.0. The highest BCUT2D eigenvalue weighted by molar-refractivity contribution is 9.10. The number of anilines is 1. The molecule has 1 amide bonds. The monoisotopic (exact) mass is 382 g/mol. The predicted octanol–water partition coefficient (Wildman–Crippen LogP) is 3.08. The number of aromatic nitrogens is 2. The fraction of sp³-hybridized carbons (Fsp3) is 0.286. The van der Waals surface area contributed by atoms with Crippen molar-refractivity contribution in [3.8, 4) is 5.75 Å². The third kappa shape index (κ3) is 3.34. The Morgan fingerprint density at radius 3 is 2.65 bits per heavy atom. The van der Waals surface area contributed by atoms with Crippen LogP contribution in [0.15, 0.2) is 22.7 Å². The Morgan fingerprint density at radius 2 is 2.13 bits per heavy atom. The van der Waals surface area contributed by atoms with Crippen molar-refractivity contribution in [3.63, 3.8) is 0 Å². The van der Waals surface area contributed by atoms with Crippen molar-refractivity contribution in [1.82, 2.24) is 9.78 Å². The minimum atomic E-state index is -0.654. The van der Waals surface area contributed by atoms with Gasteiger partial charge in [-0.2, -0.15) is 5.10 Å². The highest BCUT2D eigenvalue weighted by Gasteiger charge is 2.22. The Bertz CT molecular complexity index is 787. The highest BCUT2D eigenvalue weighted by Crippen LogP contribution is 2.29. The smallest absolute Gasteiger partial charge is 0.271 e. The molecule has 1 aromatic heterocycles. The first-order valence-electron chi connectivity index (χ1n) is 6.71. The number of halogens is 1. The number of phenols is 1. The lowest BCUT2D eigenvalue weighted by molar-refractivity contribution is -0.384. The van der Waals surface area contributed by atoms with Crippen LogP contribution in [0.1, 0.15) is 24.4 Å². The molecule has 0 bridgehead atoms. The standard InChI is InChI=1S/C14H15BrN4O4/c1-7-13(15)8(2)18(17-7)9(3)14(21)16-11-6-10(19(22)23)4-5-12(11)20/h4-6,9,20H,1-3H3,(H,16,21). The molecule has 8 nitrogen and oxygen atoms in total. The van der Waals surface area contributed by atoms with Gasteiger partial charge in [0, 0.05) is 12.1 Å². The van der Waals surface area contributed by atoms with Crippen LogP contribution in [-0.2, 0) is 4.79 Å². The van der Waals surface area contributed by atoms with Gasteiger partial charge < -0.3 is 10.4 Å². The molecule has 23 heavy (non-hydrogen) atoms. The quantitative estimate of drug-likeness (QED) is 0.479. The molecule has 0 saturated heterocycles. The summed E-state index contributed by atoms with van der Waals surface area (Å²) in [5.41, 5.74) is 1.30. The van der Waals surface area contributed by atoms with Gasteiger partial charge in [0.15, 0.2) is 0 Å². The first-order valence-corrected chi connectivity index (χ1v) is 7.51. The molecule has 0 aliphatic carbocycles. The van der Waals surface area contributed by atoms with Gasteiger partial charge in [0.25, 0.3) is 5.69 Å². The first-order chi connectivity index (χ1) is 10.7. The van der Waals surface area contributed by atoms with Crippen LogP contribution in [0.4, 0.5) is 11.4 Å². The second-order valence-corrected chi connectivity index (χ2v) is 5.85. The lowest BCUT2D eigenvalue weighted by atomic mass is 10.2. The molecule has 1 atom stereocenters. The summed E-state index contributed by atoms with van der Waals surface area (Å²) in [7, 11) is 0. The number of phenolic OH excluding ortho intramolecular Hbond substituents is 1. The van der Waals surface area contributed by atoms with E-state index in [-0.39, 0.29) is 17.1 Å². The van der Waals surface area contributed by atoms with Crippen molar-refractivity contribution in [2.24, 2.45) is 0 Å². The van der Waals surface area contributed by atoms with Gasteiger partial charge in [-0.25, -0.2) is 0 Å². The number of aryl methyl sites for hydroxylation is 1. The molecular formula is C14H15BrN4O4. The van der Waals surface area contributed by atoms with Crippen LogP contribution in [0.25, 0.3) is 0 Å². The van der Waals surface area contributed by atoms with Crippen LogP contribution in [0, 0.1) is 24.0 Å². The first kappa shape index (κ1) is 16.9. The van der Waals surface area contributed by atoms with Crippen LogP contribution in [0.5, 0.6) is 5.75 Å². The highest BCUT2D eigenvalue weighted by atomic mass is 79.9. The van der Waals surface area contributed by atoms with Crippen molar-refractivity contribution < 1.29 is 14.8 Å². The van der Waals surface area contributed by atoms with E-state index in [0.717, 1.165) is 34.1 Å². The van der Waals surface area contributed by atoms with E-state index in [9.17, 15) is 20.0 Å². The summed E-state index contributed by atoms with van der Waals surface area (Å²) in [4.78, 5) is 22.5. The molecule has 1 heterocycles. The van der Waals surface area contributed by atoms with E-state index >= 15 is 0 Å². The number of benzene rings is 1. The molecule has 1 aromatic carbocycles. The van der Waals surface area contributed by atoms with E-state index < -0.39 is 16.9 Å². The number of carbonyl (C=O) groups is 1. The van der Waals surface area contributed by atoms with E-state index in [1.807, 2.05) is 13.8 Å². The Hall–Kier alpha value is -2.42. The van der Waals surface area contributed by atoms with Gasteiger partial charge in [0.1, 0.15) is 11.8 Å². The third-order valence-electron chi connectivity index (χ3n) is 3.43. The second-order valence-electron chi connectivity index (χ2n) is 5.05. The van der Waals surface area contributed by atoms with Gasteiger partial charge in [0.05, 0.1) is 26.5 Å². The number of amides is 1. The third-order valence-corrected chi connectivity index (χ3v) is 4.58. The Morgan fingerprint density at radius 1 is 1.48 bits per heavy atom. The van der Waals surface area contributed by atoms with Crippen LogP contribution in [0.3, 0.4) is 0 Å². The molecule has 2 rings (SSSR count). The summed E-state index contributed by atoms with van der Waals surface area (Å²) in [6.45, 7) is 5.28. The minimum Gasteiger partial charge on any atom is -0.506 e. The van der Waals surface area contributed by atoms with Gasteiger partial charge in [-0.15, -0.1) is 0 Å². The van der Waals surface area contributed by atoms with Gasteiger partial charge >= 0.3 is 0 Å². The number of nitro groups is 1. The Kier molecular flexibility index (Phi) is 4.69. The summed E-state index contributed by atoms with van der Waals surface area (Å²) in [6.07, 6.45) is 0. The van der Waals surface area contributed by atoms with Gasteiger partial charge in [-0.05, 0) is 42.8 Å². The molecule has 2 aromatic rings. The van der Waals surface area contributed by atoms with E-state index in [0.29, 0.717) is 0 Å². The number of hydrogen-bond acceptors (Lipinski definition) is 5. The molecule has 0 saturated carbocycles. The molecule has 0 fully saturated rings. The largest absolute Gasteiger partial charge is 0.506 e. The molecule has 1 unspecified atom stereocenters. The van der Waals surface area contributed by atoms with Crippen molar-refractivity contribution in [1.29, 1.82) is 0 Å². The van der Waals surface area contributed by atoms with Crippen LogP contribution >= 0.6 is 15.9 Å². The summed E-state index contributed by atoms with van der Waals surface area (Å²) in [6, 6.07) is 2.78. The lowest BCUT2D eigenvalue weighted by Crippen LogP contribution is -2.25. The van der Waals surface area contributed by atoms with Crippen LogP contribution < -0.4 is 5.32 Å². The van der Waals surface area contributed by atoms with Crippen molar-refractivity contribution >= 4 is 33.2 Å². The van der Waals surface area contributed by atoms with Crippen molar-refractivity contribution in [3.05, 3.63) is 44.2 Å². The molecule has 9 heteroatoms. The number of carbonyl (C=O) groups excluding carboxylic acids is 1. The number of nitrogens with one attached hydrogen (secondary N) is 1. The average Bonchev–Trinajstić information content (AvgIpc) is 2.76. The summed E-state index contributed by atoms with van der Waals surface area (Å²) in [5.74, 6) is -0.690. The molecular weight excluding hydrogens is 368 g/mol. The van der Waals surface area contributed by atoms with E-state index in [2.05, 4.69) is 26.3 Å². The molecule has 2 N–H and O–H groups in total. The van der Waals surface area contributed by atoms with Crippen LogP contribution in [-0.4, -0.2) is 25.7 Å². The van der Waals surface area contributed by atoms with Crippen molar-refractivity contribution in [2.45, 2.75) is 26.8 Å². The fourth-order valence-corrected chi connectivity index (χ4v) is 2.37. The number of nitrogens with zero attached hydrogens (tertiary/aromatic N) is 3. The lowest BCUT2D eigenvalue weighted by Gasteiger charge is -2.15. The summed E-state index contributed by atoms with van der Waals surface area (Å²) >= 11 is 3.39. The van der Waals surface area contributed by atoms with E-state index in [1.54, 1.807) is 11.6 Å². The molecule has 0 aliphatic rings. The zero-order valence-electron chi connectivity index (χ0n) is 12.7. The average molecular weight is 383 g/mol. The molecule has 122 valence electrons. The predicted molar refractivity (Wildman–Crippen MR) is 87.5 cm³/mol. The minimum absolute atomic E-state index is 0.0170. The topological polar surface area (TPSA) is 110 Å². The zero-order chi connectivity index (χ0) is 17.3. The SMILES string of the molecule is Cc1nn(C(C)C(=O)Nc2cc([N+](=O)[O-])ccc2O)c(C)c1Br. The van der Waals surface area contributed by atoms with Gasteiger partial charge in [-0.3, -0.25) is 19.6 Å². The van der Waals surface area contributed by atoms with Gasteiger partial charge in [0.2, 0.25) is 5.91 Å². The summed E-state index contributed by atoms with van der Waals surface area (Å²) in [5, 5.41) is 27.3. The maximum atomic E-state index is 12.4. The van der Waals surface area contributed by atoms with Crippen molar-refractivity contribution in [2.75, 3.05) is 5.32 Å². The second kappa shape index (κ2) is 6.37. The molecule has 0 aliphatic heterocycles. The fourth-order valence-electron chi connectivity index (χ4n) is 2.11. The number of rotatable bonds is 4. The number of aromatic hydroxyl groups is 1. The van der Waals surface area contributed by atoms with Gasteiger partial charge in [-0.1, -0.05) is 0 Å². The van der Waals surface area contributed by atoms with Crippen LogP contribution in [0.2, 0.25) is 0 Å². The zero-order valence-corrected chi connectivity index (χ0v) is 14.3. The maximum absolute atomic E-state index is 12.4. The van der Waals surface area contributed by atoms with E-state index in [1.165, 1.54) is 0 Å². The summed E-state index contributed by atoms with van der Waals surface area (Å²) < 4.78 is 2.36. The number of hydrogen-bond donors (Lipinski definition) is 2.